The number of pyridine rings is 1. The van der Waals surface area contributed by atoms with Gasteiger partial charge in [-0.25, -0.2) is 9.78 Å². The lowest BCUT2D eigenvalue weighted by molar-refractivity contribution is 0.142. The van der Waals surface area contributed by atoms with Crippen LogP contribution in [0.1, 0.15) is 6.92 Å². The van der Waals surface area contributed by atoms with Gasteiger partial charge < -0.3 is 19.6 Å². The van der Waals surface area contributed by atoms with Crippen molar-refractivity contribution in [3.63, 3.8) is 0 Å². The number of ether oxygens (including phenoxy) is 1. The Balaban J connectivity index is 1.80. The molecule has 0 aromatic carbocycles. The SMILES string of the molecule is CCOc1nc2nc(N3CCN(C(=O)O)CC3)c3nncn3c2cc1Cl. The van der Waals surface area contributed by atoms with Gasteiger partial charge in [-0.3, -0.25) is 4.40 Å². The topological polar surface area (TPSA) is 109 Å². The van der Waals surface area contributed by atoms with Crippen LogP contribution in [0.5, 0.6) is 5.88 Å². The highest BCUT2D eigenvalue weighted by atomic mass is 35.5. The van der Waals surface area contributed by atoms with E-state index in [1.54, 1.807) is 16.8 Å². The monoisotopic (exact) mass is 377 g/mol. The van der Waals surface area contributed by atoms with E-state index in [4.69, 9.17) is 21.4 Å². The van der Waals surface area contributed by atoms with Gasteiger partial charge in [0.05, 0.1) is 12.1 Å². The lowest BCUT2D eigenvalue weighted by Gasteiger charge is -2.33. The van der Waals surface area contributed by atoms with E-state index in [1.807, 2.05) is 11.8 Å². The molecule has 3 aromatic rings. The largest absolute Gasteiger partial charge is 0.477 e. The summed E-state index contributed by atoms with van der Waals surface area (Å²) in [6.45, 7) is 4.11. The molecular weight excluding hydrogens is 362 g/mol. The fraction of sp³-hybridized carbons (Fsp3) is 0.400. The van der Waals surface area contributed by atoms with Gasteiger partial charge in [0, 0.05) is 26.2 Å². The molecule has 136 valence electrons. The van der Waals surface area contributed by atoms with Gasteiger partial charge in [-0.15, -0.1) is 10.2 Å². The van der Waals surface area contributed by atoms with Gasteiger partial charge in [0.15, 0.2) is 11.5 Å². The van der Waals surface area contributed by atoms with Gasteiger partial charge in [0.2, 0.25) is 11.5 Å². The first kappa shape index (κ1) is 16.6. The quantitative estimate of drug-likeness (QED) is 0.731. The maximum atomic E-state index is 11.1. The zero-order valence-corrected chi connectivity index (χ0v) is 14.7. The molecule has 0 atom stereocenters. The van der Waals surface area contributed by atoms with Crippen LogP contribution in [-0.2, 0) is 0 Å². The van der Waals surface area contributed by atoms with E-state index in [0.29, 0.717) is 66.3 Å². The lowest BCUT2D eigenvalue weighted by atomic mass is 10.3. The summed E-state index contributed by atoms with van der Waals surface area (Å²) in [6, 6.07) is 1.73. The second-order valence-electron chi connectivity index (χ2n) is 5.77. The Morgan fingerprint density at radius 1 is 1.31 bits per heavy atom. The standard InChI is InChI=1S/C15H16ClN7O3/c1-2-26-14-9(16)7-10-11(19-14)18-12(13-20-17-8-23(10)13)21-3-5-22(6-4-21)15(24)25/h7-8H,2-6H2,1H3,(H,24,25). The second-order valence-corrected chi connectivity index (χ2v) is 6.17. The van der Waals surface area contributed by atoms with Crippen molar-refractivity contribution < 1.29 is 14.6 Å². The lowest BCUT2D eigenvalue weighted by Crippen LogP contribution is -2.48. The number of rotatable bonds is 3. The number of nitrogens with zero attached hydrogens (tertiary/aromatic N) is 7. The molecule has 1 fully saturated rings. The molecule has 1 saturated heterocycles. The van der Waals surface area contributed by atoms with E-state index in [1.165, 1.54) is 4.90 Å². The molecule has 1 amide bonds. The van der Waals surface area contributed by atoms with Crippen molar-refractivity contribution >= 4 is 40.3 Å². The van der Waals surface area contributed by atoms with E-state index in [0.717, 1.165) is 0 Å². The molecule has 4 heterocycles. The predicted molar refractivity (Wildman–Crippen MR) is 94.1 cm³/mol. The first-order valence-corrected chi connectivity index (χ1v) is 8.52. The van der Waals surface area contributed by atoms with Gasteiger partial charge >= 0.3 is 6.09 Å². The Hall–Kier alpha value is -2.88. The van der Waals surface area contributed by atoms with Gasteiger partial charge in [0.1, 0.15) is 11.3 Å². The number of hydrogen-bond acceptors (Lipinski definition) is 7. The van der Waals surface area contributed by atoms with E-state index < -0.39 is 6.09 Å². The molecule has 0 radical (unpaired) electrons. The average molecular weight is 378 g/mol. The molecule has 26 heavy (non-hydrogen) atoms. The summed E-state index contributed by atoms with van der Waals surface area (Å²) >= 11 is 6.24. The van der Waals surface area contributed by atoms with Gasteiger partial charge in [0.25, 0.3) is 0 Å². The van der Waals surface area contributed by atoms with Crippen molar-refractivity contribution in [3.8, 4) is 5.88 Å². The van der Waals surface area contributed by atoms with E-state index in [9.17, 15) is 4.79 Å². The third-order valence-corrected chi connectivity index (χ3v) is 4.52. The van der Waals surface area contributed by atoms with Crippen LogP contribution in [0, 0.1) is 0 Å². The number of piperazine rings is 1. The van der Waals surface area contributed by atoms with Crippen LogP contribution in [0.2, 0.25) is 5.02 Å². The second kappa shape index (κ2) is 6.45. The smallest absolute Gasteiger partial charge is 0.407 e. The number of hydrogen-bond donors (Lipinski definition) is 1. The Labute approximate surface area is 153 Å². The Bertz CT molecular complexity index is 984. The molecule has 1 aliphatic heterocycles. The van der Waals surface area contributed by atoms with Gasteiger partial charge in [-0.1, -0.05) is 11.6 Å². The molecule has 3 aromatic heterocycles. The van der Waals surface area contributed by atoms with Crippen molar-refractivity contribution in [2.24, 2.45) is 0 Å². The summed E-state index contributed by atoms with van der Waals surface area (Å²) in [5.74, 6) is 0.931. The first-order valence-electron chi connectivity index (χ1n) is 8.14. The number of fused-ring (bicyclic) bond motifs is 3. The fourth-order valence-electron chi connectivity index (χ4n) is 2.99. The maximum Gasteiger partial charge on any atom is 0.407 e. The molecule has 0 spiro atoms. The van der Waals surface area contributed by atoms with Crippen LogP contribution in [0.25, 0.3) is 16.8 Å². The van der Waals surface area contributed by atoms with E-state index in [2.05, 4.69) is 20.2 Å². The normalized spacial score (nSPS) is 15.0. The van der Waals surface area contributed by atoms with E-state index >= 15 is 0 Å². The highest BCUT2D eigenvalue weighted by Crippen LogP contribution is 2.29. The number of carboxylic acid groups (broad SMARTS) is 1. The minimum absolute atomic E-state index is 0.322. The number of aromatic nitrogens is 5. The molecule has 0 aliphatic carbocycles. The molecule has 1 aliphatic rings. The number of halogens is 1. The summed E-state index contributed by atoms with van der Waals surface area (Å²) in [4.78, 5) is 23.5. The molecule has 11 heteroatoms. The fourth-order valence-corrected chi connectivity index (χ4v) is 3.19. The summed E-state index contributed by atoms with van der Waals surface area (Å²) in [5.41, 5.74) is 1.70. The zero-order valence-electron chi connectivity index (χ0n) is 14.0. The number of amides is 1. The Morgan fingerprint density at radius 3 is 2.77 bits per heavy atom. The molecule has 4 rings (SSSR count). The van der Waals surface area contributed by atoms with Crippen LogP contribution in [0.15, 0.2) is 12.4 Å². The highest BCUT2D eigenvalue weighted by molar-refractivity contribution is 6.32. The molecular formula is C15H16ClN7O3. The van der Waals surface area contributed by atoms with Crippen LogP contribution in [0.3, 0.4) is 0 Å². The van der Waals surface area contributed by atoms with Crippen molar-refractivity contribution in [3.05, 3.63) is 17.4 Å². The maximum absolute atomic E-state index is 11.1. The minimum Gasteiger partial charge on any atom is -0.477 e. The highest BCUT2D eigenvalue weighted by Gasteiger charge is 2.25. The summed E-state index contributed by atoms with van der Waals surface area (Å²) < 4.78 is 7.23. The summed E-state index contributed by atoms with van der Waals surface area (Å²) in [6.07, 6.45) is 0.663. The van der Waals surface area contributed by atoms with Crippen molar-refractivity contribution in [1.82, 2.24) is 29.5 Å². The van der Waals surface area contributed by atoms with Crippen LogP contribution >= 0.6 is 11.6 Å². The average Bonchev–Trinajstić information content (AvgIpc) is 3.12. The number of anilines is 1. The Kier molecular flexibility index (Phi) is 4.11. The van der Waals surface area contributed by atoms with Crippen molar-refractivity contribution in [1.29, 1.82) is 0 Å². The molecule has 0 saturated carbocycles. The third-order valence-electron chi connectivity index (χ3n) is 4.25. The third kappa shape index (κ3) is 2.71. The minimum atomic E-state index is -0.915. The first-order chi connectivity index (χ1) is 12.6. The van der Waals surface area contributed by atoms with Crippen molar-refractivity contribution in [2.75, 3.05) is 37.7 Å². The van der Waals surface area contributed by atoms with Crippen LogP contribution in [0.4, 0.5) is 10.6 Å². The Morgan fingerprint density at radius 2 is 2.08 bits per heavy atom. The van der Waals surface area contributed by atoms with E-state index in [-0.39, 0.29) is 0 Å². The zero-order chi connectivity index (χ0) is 18.3. The van der Waals surface area contributed by atoms with Crippen molar-refractivity contribution in [2.45, 2.75) is 6.92 Å². The molecule has 0 unspecified atom stereocenters. The molecule has 10 nitrogen and oxygen atoms in total. The van der Waals surface area contributed by atoms with Gasteiger partial charge in [-0.2, -0.15) is 4.98 Å². The van der Waals surface area contributed by atoms with Gasteiger partial charge in [-0.05, 0) is 13.0 Å². The molecule has 1 N–H and O–H groups in total. The predicted octanol–water partition coefficient (Wildman–Crippen LogP) is 1.52. The summed E-state index contributed by atoms with van der Waals surface area (Å²) in [7, 11) is 0. The molecule has 0 bridgehead atoms. The van der Waals surface area contributed by atoms with Crippen LogP contribution < -0.4 is 9.64 Å². The van der Waals surface area contributed by atoms with Crippen LogP contribution in [-0.4, -0.2) is 73.5 Å². The summed E-state index contributed by atoms with van der Waals surface area (Å²) in [5, 5.41) is 17.6. The number of carbonyl (C=O) groups is 1.